The summed E-state index contributed by atoms with van der Waals surface area (Å²) >= 11 is 0. The zero-order valence-electron chi connectivity index (χ0n) is 6.70. The standard InChI is InChI=1S/C6H13NO2S2/c1-9-3-5(7)6(8)4-11-10-2/h5H,3-4,7H2,1-2H3. The Labute approximate surface area is 74.8 Å². The summed E-state index contributed by atoms with van der Waals surface area (Å²) in [7, 11) is 4.60. The van der Waals surface area contributed by atoms with E-state index in [1.807, 2.05) is 6.26 Å². The number of ether oxygens (including phenoxy) is 1. The Bertz CT molecular complexity index is 121. The highest BCUT2D eigenvalue weighted by atomic mass is 33.1. The van der Waals surface area contributed by atoms with Gasteiger partial charge in [-0.2, -0.15) is 0 Å². The molecule has 0 aliphatic rings. The Morgan fingerprint density at radius 2 is 2.36 bits per heavy atom. The number of nitrogens with two attached hydrogens (primary N) is 1. The molecule has 0 aliphatic heterocycles. The van der Waals surface area contributed by atoms with Crippen LogP contribution in [0.1, 0.15) is 0 Å². The molecule has 0 aromatic rings. The van der Waals surface area contributed by atoms with Gasteiger partial charge in [-0.1, -0.05) is 21.6 Å². The zero-order chi connectivity index (χ0) is 8.69. The summed E-state index contributed by atoms with van der Waals surface area (Å²) in [6.45, 7) is 0.313. The molecule has 5 heteroatoms. The molecule has 0 saturated carbocycles. The maximum atomic E-state index is 11.1. The lowest BCUT2D eigenvalue weighted by Crippen LogP contribution is -2.35. The van der Waals surface area contributed by atoms with Crippen LogP contribution < -0.4 is 5.73 Å². The quantitative estimate of drug-likeness (QED) is 0.627. The minimum atomic E-state index is -0.459. The molecule has 3 nitrogen and oxygen atoms in total. The first-order valence-corrected chi connectivity index (χ1v) is 5.88. The molecule has 0 bridgehead atoms. The Hall–Kier alpha value is 0.290. The molecule has 66 valence electrons. The van der Waals surface area contributed by atoms with Crippen LogP contribution in [0.15, 0.2) is 0 Å². The van der Waals surface area contributed by atoms with Gasteiger partial charge in [0, 0.05) is 7.11 Å². The van der Waals surface area contributed by atoms with Gasteiger partial charge in [0.1, 0.15) is 0 Å². The number of carbonyl (C=O) groups excluding carboxylic acids is 1. The molecular formula is C6H13NO2S2. The van der Waals surface area contributed by atoms with Crippen molar-refractivity contribution in [2.24, 2.45) is 5.73 Å². The first-order valence-electron chi connectivity index (χ1n) is 3.15. The largest absolute Gasteiger partial charge is 0.383 e. The second kappa shape index (κ2) is 6.97. The van der Waals surface area contributed by atoms with Gasteiger partial charge in [-0.25, -0.2) is 0 Å². The molecule has 2 N–H and O–H groups in total. The van der Waals surface area contributed by atoms with E-state index in [-0.39, 0.29) is 5.78 Å². The Morgan fingerprint density at radius 3 is 2.82 bits per heavy atom. The Balaban J connectivity index is 3.47. The van der Waals surface area contributed by atoms with Crippen molar-refractivity contribution in [3.63, 3.8) is 0 Å². The molecule has 0 aliphatic carbocycles. The van der Waals surface area contributed by atoms with Crippen LogP contribution in [0, 0.1) is 0 Å². The summed E-state index contributed by atoms with van der Waals surface area (Å²) in [5.41, 5.74) is 5.47. The summed E-state index contributed by atoms with van der Waals surface area (Å²) in [4.78, 5) is 11.1. The molecule has 0 fully saturated rings. The maximum Gasteiger partial charge on any atom is 0.162 e. The number of methoxy groups -OCH3 is 1. The summed E-state index contributed by atoms with van der Waals surface area (Å²) in [5, 5.41) is 0. The molecule has 1 atom stereocenters. The van der Waals surface area contributed by atoms with Gasteiger partial charge in [0.25, 0.3) is 0 Å². The van der Waals surface area contributed by atoms with Crippen molar-refractivity contribution in [2.45, 2.75) is 6.04 Å². The van der Waals surface area contributed by atoms with Crippen LogP contribution >= 0.6 is 21.6 Å². The number of carbonyl (C=O) groups is 1. The predicted molar refractivity (Wildman–Crippen MR) is 50.8 cm³/mol. The summed E-state index contributed by atoms with van der Waals surface area (Å²) in [6, 6.07) is -0.459. The van der Waals surface area contributed by atoms with E-state index in [1.54, 1.807) is 10.8 Å². The fraction of sp³-hybridized carbons (Fsp3) is 0.833. The Kier molecular flexibility index (Phi) is 7.15. The van der Waals surface area contributed by atoms with E-state index in [9.17, 15) is 4.79 Å². The van der Waals surface area contributed by atoms with Gasteiger partial charge in [0.15, 0.2) is 5.78 Å². The Morgan fingerprint density at radius 1 is 1.73 bits per heavy atom. The molecule has 0 radical (unpaired) electrons. The third kappa shape index (κ3) is 5.55. The third-order valence-electron chi connectivity index (χ3n) is 1.08. The van der Waals surface area contributed by atoms with E-state index >= 15 is 0 Å². The highest BCUT2D eigenvalue weighted by Gasteiger charge is 2.11. The average molecular weight is 195 g/mol. The lowest BCUT2D eigenvalue weighted by atomic mass is 10.2. The van der Waals surface area contributed by atoms with Crippen LogP contribution in [0.4, 0.5) is 0 Å². The fourth-order valence-corrected chi connectivity index (χ4v) is 1.65. The van der Waals surface area contributed by atoms with Gasteiger partial charge in [-0.15, -0.1) is 0 Å². The van der Waals surface area contributed by atoms with E-state index in [1.165, 1.54) is 17.9 Å². The zero-order valence-corrected chi connectivity index (χ0v) is 8.33. The van der Waals surface area contributed by atoms with Crippen LogP contribution in [0.3, 0.4) is 0 Å². The normalized spacial score (nSPS) is 13.0. The van der Waals surface area contributed by atoms with Crippen molar-refractivity contribution < 1.29 is 9.53 Å². The molecule has 11 heavy (non-hydrogen) atoms. The highest BCUT2D eigenvalue weighted by Crippen LogP contribution is 2.16. The van der Waals surface area contributed by atoms with E-state index in [2.05, 4.69) is 0 Å². The van der Waals surface area contributed by atoms with Crippen molar-refractivity contribution in [1.82, 2.24) is 0 Å². The predicted octanol–water partition coefficient (Wildman–Crippen LogP) is 0.540. The van der Waals surface area contributed by atoms with Gasteiger partial charge < -0.3 is 10.5 Å². The molecule has 0 aromatic carbocycles. The number of rotatable bonds is 6. The number of hydrogen-bond donors (Lipinski definition) is 1. The maximum absolute atomic E-state index is 11.1. The number of Topliss-reactive ketones (excluding diaryl/α,β-unsaturated/α-hetero) is 1. The molecular weight excluding hydrogens is 182 g/mol. The highest BCUT2D eigenvalue weighted by molar-refractivity contribution is 8.76. The average Bonchev–Trinajstić information content (AvgIpc) is 2.00. The topological polar surface area (TPSA) is 52.3 Å². The lowest BCUT2D eigenvalue weighted by Gasteiger charge is -2.07. The van der Waals surface area contributed by atoms with Gasteiger partial charge in [0.2, 0.25) is 0 Å². The van der Waals surface area contributed by atoms with Crippen molar-refractivity contribution >= 4 is 27.4 Å². The smallest absolute Gasteiger partial charge is 0.162 e. The third-order valence-corrected chi connectivity index (χ3v) is 2.78. The second-order valence-corrected chi connectivity index (χ2v) is 4.52. The molecule has 0 rings (SSSR count). The lowest BCUT2D eigenvalue weighted by molar-refractivity contribution is -0.118. The van der Waals surface area contributed by atoms with Crippen LogP contribution in [0.25, 0.3) is 0 Å². The van der Waals surface area contributed by atoms with Crippen LogP contribution in [0.2, 0.25) is 0 Å². The van der Waals surface area contributed by atoms with Gasteiger partial charge >= 0.3 is 0 Å². The van der Waals surface area contributed by atoms with Crippen molar-refractivity contribution in [3.8, 4) is 0 Å². The van der Waals surface area contributed by atoms with Crippen LogP contribution in [-0.2, 0) is 9.53 Å². The first-order chi connectivity index (χ1) is 5.22. The minimum Gasteiger partial charge on any atom is -0.383 e. The number of hydrogen-bond acceptors (Lipinski definition) is 5. The minimum absolute atomic E-state index is 0.0474. The molecule has 0 spiro atoms. The van der Waals surface area contributed by atoms with E-state index in [4.69, 9.17) is 10.5 Å². The fourth-order valence-electron chi connectivity index (χ4n) is 0.497. The van der Waals surface area contributed by atoms with E-state index < -0.39 is 6.04 Å². The molecule has 1 unspecified atom stereocenters. The van der Waals surface area contributed by atoms with Gasteiger partial charge in [-0.3, -0.25) is 4.79 Å². The molecule has 0 saturated heterocycles. The van der Waals surface area contributed by atoms with Gasteiger partial charge in [0.05, 0.1) is 18.4 Å². The number of ketones is 1. The van der Waals surface area contributed by atoms with Crippen LogP contribution in [-0.4, -0.2) is 37.6 Å². The van der Waals surface area contributed by atoms with Crippen molar-refractivity contribution in [1.29, 1.82) is 0 Å². The molecule has 0 heterocycles. The second-order valence-electron chi connectivity index (χ2n) is 1.96. The van der Waals surface area contributed by atoms with Crippen molar-refractivity contribution in [3.05, 3.63) is 0 Å². The monoisotopic (exact) mass is 195 g/mol. The molecule has 0 amide bonds. The summed E-state index contributed by atoms with van der Waals surface area (Å²) < 4.78 is 4.74. The van der Waals surface area contributed by atoms with Crippen molar-refractivity contribution in [2.75, 3.05) is 25.7 Å². The first kappa shape index (κ1) is 11.3. The summed E-state index contributed by atoms with van der Waals surface area (Å²) in [5.74, 6) is 0.511. The van der Waals surface area contributed by atoms with Gasteiger partial charge in [-0.05, 0) is 6.26 Å². The van der Waals surface area contributed by atoms with Crippen LogP contribution in [0.5, 0.6) is 0 Å². The SMILES string of the molecule is COCC(N)C(=O)CSSC. The molecule has 0 aromatic heterocycles. The van der Waals surface area contributed by atoms with E-state index in [0.717, 1.165) is 0 Å². The van der Waals surface area contributed by atoms with E-state index in [0.29, 0.717) is 12.4 Å². The summed E-state index contributed by atoms with van der Waals surface area (Å²) in [6.07, 6.45) is 1.93.